The molecule has 0 saturated carbocycles. The summed E-state index contributed by atoms with van der Waals surface area (Å²) in [5, 5.41) is 19.5. The Morgan fingerprint density at radius 3 is 2.68 bits per heavy atom. The average molecular weight is 264 g/mol. The lowest BCUT2D eigenvalue weighted by molar-refractivity contribution is -0.385. The fourth-order valence-corrected chi connectivity index (χ4v) is 1.40. The summed E-state index contributed by atoms with van der Waals surface area (Å²) in [4.78, 5) is 13.8. The lowest BCUT2D eigenvalue weighted by atomic mass is 9.96. The second-order valence-electron chi connectivity index (χ2n) is 4.27. The molecule has 1 aromatic heterocycles. The molecule has 0 aliphatic carbocycles. The molecule has 1 heterocycles. The van der Waals surface area contributed by atoms with Crippen molar-refractivity contribution in [3.63, 3.8) is 0 Å². The van der Waals surface area contributed by atoms with Crippen LogP contribution in [-0.2, 0) is 0 Å². The zero-order valence-electron chi connectivity index (χ0n) is 10.9. The number of hydrogen-bond donors (Lipinski definition) is 1. The number of nitrogens with two attached hydrogens (primary N) is 1. The molecule has 19 heavy (non-hydrogen) atoms. The molecular weight excluding hydrogens is 248 g/mol. The van der Waals surface area contributed by atoms with E-state index >= 15 is 0 Å². The van der Waals surface area contributed by atoms with Gasteiger partial charge in [-0.1, -0.05) is 13.8 Å². The molecule has 0 saturated heterocycles. The molecule has 7 heteroatoms. The van der Waals surface area contributed by atoms with E-state index in [1.165, 1.54) is 0 Å². The number of ether oxygens (including phenoxy) is 1. The first-order valence-corrected chi connectivity index (χ1v) is 5.92. The summed E-state index contributed by atoms with van der Waals surface area (Å²) in [6, 6.07) is 2.97. The molecule has 1 rings (SSSR count). The molecule has 1 aromatic rings. The zero-order valence-corrected chi connectivity index (χ0v) is 10.9. The first-order valence-electron chi connectivity index (χ1n) is 5.92. The highest BCUT2D eigenvalue weighted by atomic mass is 16.6. The Morgan fingerprint density at radius 2 is 2.21 bits per heavy atom. The van der Waals surface area contributed by atoms with E-state index in [-0.39, 0.29) is 23.7 Å². The second-order valence-corrected chi connectivity index (χ2v) is 4.27. The maximum Gasteiger partial charge on any atom is 0.289 e. The van der Waals surface area contributed by atoms with Crippen molar-refractivity contribution in [2.75, 3.05) is 6.61 Å². The van der Waals surface area contributed by atoms with Gasteiger partial charge in [-0.25, -0.2) is 4.98 Å². The fourth-order valence-electron chi connectivity index (χ4n) is 1.40. The molecule has 0 atom stereocenters. The Balaban J connectivity index is 2.91. The van der Waals surface area contributed by atoms with E-state index < -0.39 is 10.5 Å². The molecule has 0 aliphatic heterocycles. The van der Waals surface area contributed by atoms with Crippen LogP contribution in [0.25, 0.3) is 0 Å². The Hall–Kier alpha value is -2.20. The number of nitrogens with zero attached hydrogens (tertiary/aromatic N) is 3. The number of rotatable bonds is 6. The van der Waals surface area contributed by atoms with Gasteiger partial charge in [-0.2, -0.15) is 5.26 Å². The first-order chi connectivity index (χ1) is 8.95. The van der Waals surface area contributed by atoms with Crippen LogP contribution in [0.15, 0.2) is 12.3 Å². The smallest absolute Gasteiger partial charge is 0.289 e. The van der Waals surface area contributed by atoms with Gasteiger partial charge in [-0.15, -0.1) is 0 Å². The van der Waals surface area contributed by atoms with Crippen LogP contribution in [0, 0.1) is 21.4 Å². The van der Waals surface area contributed by atoms with Crippen molar-refractivity contribution in [2.24, 2.45) is 5.73 Å². The Labute approximate surface area is 111 Å². The SMILES string of the molecule is CCC(N)(CC)COc1ncc([N+](=O)[O-])cc1C#N. The molecule has 102 valence electrons. The summed E-state index contributed by atoms with van der Waals surface area (Å²) in [5.41, 5.74) is 5.37. The van der Waals surface area contributed by atoms with Gasteiger partial charge in [0.15, 0.2) is 0 Å². The normalized spacial score (nSPS) is 10.8. The fraction of sp³-hybridized carbons (Fsp3) is 0.500. The van der Waals surface area contributed by atoms with E-state index in [4.69, 9.17) is 15.7 Å². The number of nitriles is 1. The van der Waals surface area contributed by atoms with Crippen molar-refractivity contribution in [3.8, 4) is 11.9 Å². The standard InChI is InChI=1S/C12H16N4O3/c1-3-12(14,4-2)8-19-11-9(6-13)5-10(7-15-11)16(17)18/h5,7H,3-4,8,14H2,1-2H3. The molecule has 0 amide bonds. The van der Waals surface area contributed by atoms with Crippen LogP contribution in [0.1, 0.15) is 32.3 Å². The van der Waals surface area contributed by atoms with Gasteiger partial charge in [-0.05, 0) is 12.8 Å². The van der Waals surface area contributed by atoms with E-state index in [2.05, 4.69) is 4.98 Å². The monoisotopic (exact) mass is 264 g/mol. The number of hydrogen-bond acceptors (Lipinski definition) is 6. The number of nitro groups is 1. The van der Waals surface area contributed by atoms with Crippen LogP contribution in [-0.4, -0.2) is 22.1 Å². The first kappa shape index (κ1) is 14.9. The van der Waals surface area contributed by atoms with Gasteiger partial charge < -0.3 is 10.5 Å². The predicted molar refractivity (Wildman–Crippen MR) is 68.6 cm³/mol. The average Bonchev–Trinajstić information content (AvgIpc) is 2.44. The van der Waals surface area contributed by atoms with E-state index in [0.717, 1.165) is 25.1 Å². The molecule has 0 spiro atoms. The van der Waals surface area contributed by atoms with Crippen LogP contribution in [0.5, 0.6) is 5.88 Å². The molecule has 0 radical (unpaired) electrons. The van der Waals surface area contributed by atoms with Gasteiger partial charge in [0.05, 0.1) is 4.92 Å². The lowest BCUT2D eigenvalue weighted by Gasteiger charge is -2.26. The maximum atomic E-state index is 10.6. The molecule has 2 N–H and O–H groups in total. The minimum atomic E-state index is -0.608. The molecular formula is C12H16N4O3. The third-order valence-electron chi connectivity index (χ3n) is 3.07. The van der Waals surface area contributed by atoms with Crippen molar-refractivity contribution < 1.29 is 9.66 Å². The van der Waals surface area contributed by atoms with Gasteiger partial charge in [0.2, 0.25) is 5.88 Å². The Bertz CT molecular complexity index is 506. The van der Waals surface area contributed by atoms with E-state index in [1.807, 2.05) is 19.9 Å². The summed E-state index contributed by atoms with van der Waals surface area (Å²) in [5.74, 6) is 0.0739. The van der Waals surface area contributed by atoms with Gasteiger partial charge in [0.25, 0.3) is 5.69 Å². The second kappa shape index (κ2) is 6.11. The van der Waals surface area contributed by atoms with Gasteiger partial charge in [0.1, 0.15) is 24.4 Å². The van der Waals surface area contributed by atoms with Crippen molar-refractivity contribution in [1.82, 2.24) is 4.98 Å². The minimum absolute atomic E-state index is 0.0313. The van der Waals surface area contributed by atoms with Crippen LogP contribution >= 0.6 is 0 Å². The zero-order chi connectivity index (χ0) is 14.5. The molecule has 0 aromatic carbocycles. The maximum absolute atomic E-state index is 10.6. The summed E-state index contributed by atoms with van der Waals surface area (Å²) >= 11 is 0. The van der Waals surface area contributed by atoms with Crippen molar-refractivity contribution in [2.45, 2.75) is 32.2 Å². The largest absolute Gasteiger partial charge is 0.475 e. The number of pyridine rings is 1. The Kier molecular flexibility index (Phi) is 4.78. The third-order valence-corrected chi connectivity index (χ3v) is 3.07. The van der Waals surface area contributed by atoms with Gasteiger partial charge >= 0.3 is 0 Å². The predicted octanol–water partition coefficient (Wildman–Crippen LogP) is 1.76. The van der Waals surface area contributed by atoms with E-state index in [9.17, 15) is 10.1 Å². The lowest BCUT2D eigenvalue weighted by Crippen LogP contribution is -2.44. The summed E-state index contributed by atoms with van der Waals surface area (Å²) in [6.07, 6.45) is 2.50. The highest BCUT2D eigenvalue weighted by Crippen LogP contribution is 2.21. The quantitative estimate of drug-likeness (QED) is 0.618. The highest BCUT2D eigenvalue weighted by molar-refractivity contribution is 5.45. The highest BCUT2D eigenvalue weighted by Gasteiger charge is 2.22. The topological polar surface area (TPSA) is 115 Å². The molecule has 7 nitrogen and oxygen atoms in total. The van der Waals surface area contributed by atoms with Gasteiger partial charge in [0, 0.05) is 11.6 Å². The molecule has 0 fully saturated rings. The molecule has 0 aliphatic rings. The summed E-state index contributed by atoms with van der Waals surface area (Å²) < 4.78 is 5.43. The van der Waals surface area contributed by atoms with Crippen LogP contribution in [0.3, 0.4) is 0 Å². The van der Waals surface area contributed by atoms with Crippen molar-refractivity contribution in [1.29, 1.82) is 5.26 Å². The number of aromatic nitrogens is 1. The van der Waals surface area contributed by atoms with Crippen molar-refractivity contribution in [3.05, 3.63) is 27.9 Å². The molecule has 0 bridgehead atoms. The minimum Gasteiger partial charge on any atom is -0.475 e. The van der Waals surface area contributed by atoms with E-state index in [0.29, 0.717) is 0 Å². The van der Waals surface area contributed by atoms with Crippen LogP contribution in [0.4, 0.5) is 5.69 Å². The third kappa shape index (κ3) is 3.63. The van der Waals surface area contributed by atoms with Crippen LogP contribution < -0.4 is 10.5 Å². The Morgan fingerprint density at radius 1 is 1.58 bits per heavy atom. The van der Waals surface area contributed by atoms with Gasteiger partial charge in [-0.3, -0.25) is 10.1 Å². The van der Waals surface area contributed by atoms with Crippen LogP contribution in [0.2, 0.25) is 0 Å². The molecule has 0 unspecified atom stereocenters. The summed E-state index contributed by atoms with van der Waals surface area (Å²) in [7, 11) is 0. The summed E-state index contributed by atoms with van der Waals surface area (Å²) in [6.45, 7) is 4.10. The van der Waals surface area contributed by atoms with Crippen molar-refractivity contribution >= 4 is 5.69 Å². The van der Waals surface area contributed by atoms with E-state index in [1.54, 1.807) is 0 Å².